The molecule has 2 aromatic carbocycles. The first-order valence-corrected chi connectivity index (χ1v) is 11.8. The predicted octanol–water partition coefficient (Wildman–Crippen LogP) is 6.47. The monoisotopic (exact) mass is 456 g/mol. The van der Waals surface area contributed by atoms with Crippen LogP contribution in [0.3, 0.4) is 0 Å². The molecule has 2 aliphatic heterocycles. The second-order valence-corrected chi connectivity index (χ2v) is 9.83. The van der Waals surface area contributed by atoms with E-state index in [-0.39, 0.29) is 41.5 Å². The molecular weight excluding hydrogens is 431 g/mol. The standard InChI is InChI=1S/C26H26Cl2O3/c1-4-13-8-12(3)9-14(5-2)20(13)22-24(29)21-19-11-17(26(31-19)23(21)25(22)30)16-10-15(27)6-7-18(16)28/h6-10,17,19,21,23,26,30H,4-5,11H2,1-3H3/t17-,19-,21-,23+,26+/m0/s1. The van der Waals surface area contributed by atoms with Crippen molar-refractivity contribution in [3.63, 3.8) is 0 Å². The largest absolute Gasteiger partial charge is 0.511 e. The number of ether oxygens (including phenoxy) is 1. The van der Waals surface area contributed by atoms with Crippen molar-refractivity contribution in [2.45, 2.75) is 58.2 Å². The van der Waals surface area contributed by atoms with E-state index in [1.165, 1.54) is 5.56 Å². The van der Waals surface area contributed by atoms with Crippen LogP contribution in [0.15, 0.2) is 36.1 Å². The van der Waals surface area contributed by atoms with Gasteiger partial charge in [0.25, 0.3) is 0 Å². The molecule has 5 heteroatoms. The average Bonchev–Trinajstić information content (AvgIpc) is 3.41. The second-order valence-electron chi connectivity index (χ2n) is 8.99. The van der Waals surface area contributed by atoms with Gasteiger partial charge in [-0.15, -0.1) is 0 Å². The van der Waals surface area contributed by atoms with Gasteiger partial charge in [-0.2, -0.15) is 0 Å². The van der Waals surface area contributed by atoms with E-state index in [4.69, 9.17) is 27.9 Å². The van der Waals surface area contributed by atoms with Crippen LogP contribution in [0.2, 0.25) is 10.0 Å². The van der Waals surface area contributed by atoms with Gasteiger partial charge in [0.1, 0.15) is 5.76 Å². The van der Waals surface area contributed by atoms with Crippen molar-refractivity contribution < 1.29 is 14.6 Å². The van der Waals surface area contributed by atoms with Crippen LogP contribution in [0.1, 0.15) is 54.0 Å². The molecule has 2 aromatic rings. The smallest absolute Gasteiger partial charge is 0.173 e. The lowest BCUT2D eigenvalue weighted by molar-refractivity contribution is -0.118. The summed E-state index contributed by atoms with van der Waals surface area (Å²) in [6.07, 6.45) is 1.87. The van der Waals surface area contributed by atoms with Gasteiger partial charge in [0.2, 0.25) is 0 Å². The fourth-order valence-corrected chi connectivity index (χ4v) is 6.47. The van der Waals surface area contributed by atoms with Crippen molar-refractivity contribution in [1.82, 2.24) is 0 Å². The summed E-state index contributed by atoms with van der Waals surface area (Å²) >= 11 is 12.7. The lowest BCUT2D eigenvalue weighted by atomic mass is 9.72. The van der Waals surface area contributed by atoms with E-state index in [1.807, 2.05) is 6.07 Å². The quantitative estimate of drug-likeness (QED) is 0.573. The Balaban J connectivity index is 1.61. The van der Waals surface area contributed by atoms with Crippen LogP contribution in [-0.2, 0) is 22.4 Å². The van der Waals surface area contributed by atoms with Crippen molar-refractivity contribution in [1.29, 1.82) is 0 Å². The summed E-state index contributed by atoms with van der Waals surface area (Å²) in [5.41, 5.74) is 5.81. The zero-order valence-electron chi connectivity index (χ0n) is 17.9. The molecule has 2 heterocycles. The van der Waals surface area contributed by atoms with Crippen molar-refractivity contribution in [2.24, 2.45) is 11.8 Å². The van der Waals surface area contributed by atoms with Crippen molar-refractivity contribution in [3.05, 3.63) is 74.0 Å². The normalized spacial score (nSPS) is 29.2. The number of aryl methyl sites for hydroxylation is 3. The summed E-state index contributed by atoms with van der Waals surface area (Å²) in [5, 5.41) is 12.7. The fraction of sp³-hybridized carbons (Fsp3) is 0.423. The summed E-state index contributed by atoms with van der Waals surface area (Å²) in [6, 6.07) is 9.73. The van der Waals surface area contributed by atoms with Crippen LogP contribution < -0.4 is 0 Å². The van der Waals surface area contributed by atoms with Gasteiger partial charge in [0.05, 0.1) is 29.6 Å². The molecule has 5 rings (SSSR count). The number of hydrogen-bond donors (Lipinski definition) is 1. The molecule has 1 N–H and O–H groups in total. The fourth-order valence-electron chi connectivity index (χ4n) is 6.03. The first-order valence-electron chi connectivity index (χ1n) is 11.1. The summed E-state index contributed by atoms with van der Waals surface area (Å²) in [5.74, 6) is -0.402. The molecule has 3 nitrogen and oxygen atoms in total. The highest BCUT2D eigenvalue weighted by Gasteiger charge is 2.62. The predicted molar refractivity (Wildman–Crippen MR) is 124 cm³/mol. The number of carbonyl (C=O) groups is 1. The van der Waals surface area contributed by atoms with Gasteiger partial charge in [-0.1, -0.05) is 54.7 Å². The number of rotatable bonds is 4. The maximum absolute atomic E-state index is 13.6. The molecular formula is C26H26Cl2O3. The molecule has 0 radical (unpaired) electrons. The van der Waals surface area contributed by atoms with Gasteiger partial charge >= 0.3 is 0 Å². The highest BCUT2D eigenvalue weighted by Crippen LogP contribution is 2.59. The van der Waals surface area contributed by atoms with Gasteiger partial charge in [0, 0.05) is 16.0 Å². The summed E-state index contributed by atoms with van der Waals surface area (Å²) in [7, 11) is 0. The molecule has 2 fully saturated rings. The number of benzene rings is 2. The number of aliphatic hydroxyl groups is 1. The number of ketones is 1. The van der Waals surface area contributed by atoms with Crippen LogP contribution >= 0.6 is 23.2 Å². The lowest BCUT2D eigenvalue weighted by Gasteiger charge is -2.28. The molecule has 2 saturated heterocycles. The van der Waals surface area contributed by atoms with Gasteiger partial charge in [-0.25, -0.2) is 0 Å². The number of hydrogen-bond acceptors (Lipinski definition) is 3. The van der Waals surface area contributed by atoms with E-state index in [9.17, 15) is 9.90 Å². The van der Waals surface area contributed by atoms with Crippen LogP contribution in [0, 0.1) is 18.8 Å². The Hall–Kier alpha value is -1.81. The number of halogens is 2. The van der Waals surface area contributed by atoms with E-state index in [2.05, 4.69) is 32.9 Å². The van der Waals surface area contributed by atoms with Crippen molar-refractivity contribution >= 4 is 34.6 Å². The molecule has 2 bridgehead atoms. The third-order valence-corrected chi connectivity index (χ3v) is 7.87. The highest BCUT2D eigenvalue weighted by atomic mass is 35.5. The lowest BCUT2D eigenvalue weighted by Crippen LogP contribution is -2.33. The van der Waals surface area contributed by atoms with E-state index in [0.29, 0.717) is 22.0 Å². The van der Waals surface area contributed by atoms with E-state index in [1.54, 1.807) is 12.1 Å². The third kappa shape index (κ3) is 3.08. The number of Topliss-reactive ketones (excluding diaryl/α,β-unsaturated/α-hetero) is 1. The first kappa shape index (κ1) is 21.1. The minimum Gasteiger partial charge on any atom is -0.511 e. The molecule has 3 aliphatic rings. The van der Waals surface area contributed by atoms with Gasteiger partial charge in [-0.3, -0.25) is 4.79 Å². The Labute approximate surface area is 193 Å². The Morgan fingerprint density at radius 1 is 1.06 bits per heavy atom. The highest BCUT2D eigenvalue weighted by molar-refractivity contribution is 6.33. The molecule has 0 spiro atoms. The van der Waals surface area contributed by atoms with E-state index < -0.39 is 0 Å². The van der Waals surface area contributed by atoms with Gasteiger partial charge in [-0.05, 0) is 66.6 Å². The Bertz CT molecular complexity index is 1090. The Morgan fingerprint density at radius 3 is 2.39 bits per heavy atom. The zero-order valence-corrected chi connectivity index (χ0v) is 19.4. The van der Waals surface area contributed by atoms with Crippen molar-refractivity contribution in [3.8, 4) is 0 Å². The third-order valence-electron chi connectivity index (χ3n) is 7.29. The summed E-state index contributed by atoms with van der Waals surface area (Å²) in [4.78, 5) is 13.6. The summed E-state index contributed by atoms with van der Waals surface area (Å²) < 4.78 is 6.24. The van der Waals surface area contributed by atoms with Crippen LogP contribution in [0.4, 0.5) is 0 Å². The maximum atomic E-state index is 13.6. The Kier molecular flexibility index (Phi) is 5.20. The molecule has 0 saturated carbocycles. The molecule has 162 valence electrons. The molecule has 31 heavy (non-hydrogen) atoms. The van der Waals surface area contributed by atoms with Crippen molar-refractivity contribution in [2.75, 3.05) is 0 Å². The molecule has 1 aliphatic carbocycles. The molecule has 0 unspecified atom stereocenters. The van der Waals surface area contributed by atoms with Crippen LogP contribution in [-0.4, -0.2) is 23.1 Å². The maximum Gasteiger partial charge on any atom is 0.173 e. The number of aliphatic hydroxyl groups excluding tert-OH is 1. The molecule has 0 aromatic heterocycles. The Morgan fingerprint density at radius 2 is 1.74 bits per heavy atom. The molecule has 5 atom stereocenters. The average molecular weight is 457 g/mol. The number of allylic oxidation sites excluding steroid dienone is 1. The topological polar surface area (TPSA) is 46.5 Å². The minimum atomic E-state index is -0.322. The second kappa shape index (κ2) is 7.65. The SMILES string of the molecule is CCc1cc(C)cc(CC)c1C1=C(O)[C@@H]2[C@@H]3O[C@@H](C[C@H]3c3cc(Cl)ccc3Cl)[C@@H]2C1=O. The summed E-state index contributed by atoms with van der Waals surface area (Å²) in [6.45, 7) is 6.27. The number of fused-ring (bicyclic) bond motifs is 5. The van der Waals surface area contributed by atoms with Gasteiger partial charge < -0.3 is 9.84 Å². The van der Waals surface area contributed by atoms with E-state index in [0.717, 1.165) is 35.1 Å². The van der Waals surface area contributed by atoms with Crippen LogP contribution in [0.5, 0.6) is 0 Å². The van der Waals surface area contributed by atoms with Crippen LogP contribution in [0.25, 0.3) is 5.57 Å². The zero-order chi connectivity index (χ0) is 22.0. The number of carbonyl (C=O) groups excluding carboxylic acids is 1. The van der Waals surface area contributed by atoms with E-state index >= 15 is 0 Å². The first-order chi connectivity index (χ1) is 14.8. The van der Waals surface area contributed by atoms with Gasteiger partial charge in [0.15, 0.2) is 5.78 Å². The molecule has 0 amide bonds. The minimum absolute atomic E-state index is 0.0149.